The molecule has 6 heteroatoms. The van der Waals surface area contributed by atoms with E-state index in [9.17, 15) is 9.90 Å². The second-order valence-corrected chi connectivity index (χ2v) is 8.80. The molecule has 0 atom stereocenters. The van der Waals surface area contributed by atoms with Crippen molar-refractivity contribution in [3.05, 3.63) is 59.3 Å². The third-order valence-corrected chi connectivity index (χ3v) is 6.71. The first-order valence-corrected chi connectivity index (χ1v) is 11.4. The molecule has 2 N–H and O–H groups in total. The fourth-order valence-corrected chi connectivity index (χ4v) is 4.76. The number of aromatic hydroxyl groups is 1. The minimum Gasteiger partial charge on any atom is -0.508 e. The second-order valence-electron chi connectivity index (χ2n) is 8.80. The van der Waals surface area contributed by atoms with Gasteiger partial charge in [0.15, 0.2) is 0 Å². The monoisotopic (exact) mass is 435 g/mol. The van der Waals surface area contributed by atoms with Crippen LogP contribution in [0.2, 0.25) is 0 Å². The van der Waals surface area contributed by atoms with Crippen LogP contribution in [0, 0.1) is 6.92 Å². The number of carbonyl (C=O) groups excluding carboxylic acids is 1. The van der Waals surface area contributed by atoms with Crippen LogP contribution in [0.1, 0.15) is 40.9 Å². The number of rotatable bonds is 7. The Morgan fingerprint density at radius 3 is 2.59 bits per heavy atom. The maximum Gasteiger partial charge on any atom is 0.256 e. The summed E-state index contributed by atoms with van der Waals surface area (Å²) in [5.41, 5.74) is 3.73. The Labute approximate surface area is 189 Å². The highest BCUT2D eigenvalue weighted by molar-refractivity contribution is 6.08. The van der Waals surface area contributed by atoms with Crippen molar-refractivity contribution in [1.29, 1.82) is 0 Å². The van der Waals surface area contributed by atoms with Gasteiger partial charge in [-0.05, 0) is 75.0 Å². The molecule has 6 nitrogen and oxygen atoms in total. The highest BCUT2D eigenvalue weighted by Gasteiger charge is 2.28. The molecule has 32 heavy (non-hydrogen) atoms. The molecule has 0 bridgehead atoms. The number of amides is 1. The number of aryl methyl sites for hydroxylation is 2. The summed E-state index contributed by atoms with van der Waals surface area (Å²) in [4.78, 5) is 21.0. The molecule has 0 radical (unpaired) electrons. The van der Waals surface area contributed by atoms with Gasteiger partial charge in [0, 0.05) is 42.8 Å². The largest absolute Gasteiger partial charge is 0.508 e. The number of ether oxygens (including phenoxy) is 1. The lowest BCUT2D eigenvalue weighted by molar-refractivity contribution is 0.0643. The van der Waals surface area contributed by atoms with Crippen LogP contribution in [0.3, 0.4) is 0 Å². The molecule has 3 aromatic rings. The van der Waals surface area contributed by atoms with Gasteiger partial charge in [-0.1, -0.05) is 12.1 Å². The lowest BCUT2D eigenvalue weighted by atomic mass is 10.0. The molecule has 2 heterocycles. The van der Waals surface area contributed by atoms with E-state index in [-0.39, 0.29) is 17.7 Å². The summed E-state index contributed by atoms with van der Waals surface area (Å²) in [6, 6.07) is 13.7. The topological polar surface area (TPSA) is 68.8 Å². The number of carbonyl (C=O) groups is 1. The molecule has 4 rings (SSSR count). The number of hydrogen-bond acceptors (Lipinski definition) is 4. The zero-order valence-electron chi connectivity index (χ0n) is 19.2. The summed E-state index contributed by atoms with van der Waals surface area (Å²) in [6.07, 6.45) is 4.16. The highest BCUT2D eigenvalue weighted by atomic mass is 16.5. The predicted molar refractivity (Wildman–Crippen MR) is 128 cm³/mol. The Morgan fingerprint density at radius 1 is 1.19 bits per heavy atom. The number of likely N-dealkylation sites (tertiary alicyclic amines) is 1. The molecular weight excluding hydrogens is 402 g/mol. The standard InChI is InChI=1S/C26H33N3O3/c1-18-25(23-17-21(30)8-11-24(23)27-18)26(31)28(2)20-12-15-29(16-13-20)14-4-5-19-6-9-22(32-3)10-7-19/h6-11,17,20,27,30H,4-5,12-16H2,1-3H3. The smallest absolute Gasteiger partial charge is 0.256 e. The third kappa shape index (κ3) is 4.75. The van der Waals surface area contributed by atoms with Crippen molar-refractivity contribution in [2.45, 2.75) is 38.6 Å². The molecule has 0 saturated carbocycles. The van der Waals surface area contributed by atoms with Crippen LogP contribution in [0.15, 0.2) is 42.5 Å². The van der Waals surface area contributed by atoms with Gasteiger partial charge >= 0.3 is 0 Å². The maximum atomic E-state index is 13.3. The molecule has 2 aromatic carbocycles. The molecule has 0 aliphatic carbocycles. The van der Waals surface area contributed by atoms with Crippen LogP contribution in [0.4, 0.5) is 0 Å². The summed E-state index contributed by atoms with van der Waals surface area (Å²) in [6.45, 7) is 5.03. The summed E-state index contributed by atoms with van der Waals surface area (Å²) >= 11 is 0. The van der Waals surface area contributed by atoms with Gasteiger partial charge < -0.3 is 24.6 Å². The van der Waals surface area contributed by atoms with Gasteiger partial charge in [0.05, 0.1) is 12.7 Å². The normalized spacial score (nSPS) is 15.2. The van der Waals surface area contributed by atoms with Crippen molar-refractivity contribution in [3.8, 4) is 11.5 Å². The number of H-pyrrole nitrogens is 1. The van der Waals surface area contributed by atoms with Crippen molar-refractivity contribution < 1.29 is 14.6 Å². The molecule has 0 spiro atoms. The number of aromatic amines is 1. The van der Waals surface area contributed by atoms with Crippen LogP contribution in [-0.4, -0.2) is 65.6 Å². The van der Waals surface area contributed by atoms with E-state index in [4.69, 9.17) is 4.74 Å². The number of nitrogens with one attached hydrogen (secondary N) is 1. The van der Waals surface area contributed by atoms with Crippen molar-refractivity contribution in [1.82, 2.24) is 14.8 Å². The van der Waals surface area contributed by atoms with E-state index in [0.717, 1.165) is 67.7 Å². The van der Waals surface area contributed by atoms with E-state index in [1.807, 2.05) is 37.1 Å². The van der Waals surface area contributed by atoms with Gasteiger partial charge in [-0.2, -0.15) is 0 Å². The van der Waals surface area contributed by atoms with E-state index in [1.54, 1.807) is 19.2 Å². The van der Waals surface area contributed by atoms with Gasteiger partial charge in [-0.3, -0.25) is 4.79 Å². The average Bonchev–Trinajstić information content (AvgIpc) is 3.14. The Morgan fingerprint density at radius 2 is 1.91 bits per heavy atom. The van der Waals surface area contributed by atoms with Gasteiger partial charge in [-0.25, -0.2) is 0 Å². The number of fused-ring (bicyclic) bond motifs is 1. The van der Waals surface area contributed by atoms with E-state index in [2.05, 4.69) is 22.0 Å². The lowest BCUT2D eigenvalue weighted by Gasteiger charge is -2.37. The fraction of sp³-hybridized carbons (Fsp3) is 0.423. The molecule has 170 valence electrons. The number of phenolic OH excluding ortho intramolecular Hbond substituents is 1. The Kier molecular flexibility index (Phi) is 6.70. The molecule has 1 aliphatic rings. The van der Waals surface area contributed by atoms with Crippen LogP contribution in [0.25, 0.3) is 10.9 Å². The number of nitrogens with zero attached hydrogens (tertiary/aromatic N) is 2. The highest BCUT2D eigenvalue weighted by Crippen LogP contribution is 2.28. The molecular formula is C26H33N3O3. The predicted octanol–water partition coefficient (Wildman–Crippen LogP) is 4.36. The lowest BCUT2D eigenvalue weighted by Crippen LogP contribution is -2.45. The quantitative estimate of drug-likeness (QED) is 0.579. The summed E-state index contributed by atoms with van der Waals surface area (Å²) in [5.74, 6) is 1.10. The Balaban J connectivity index is 1.29. The van der Waals surface area contributed by atoms with Crippen molar-refractivity contribution in [3.63, 3.8) is 0 Å². The molecule has 1 aromatic heterocycles. The molecule has 1 saturated heterocycles. The average molecular weight is 436 g/mol. The number of phenols is 1. The number of benzene rings is 2. The number of methoxy groups -OCH3 is 1. The van der Waals surface area contributed by atoms with Crippen LogP contribution < -0.4 is 4.74 Å². The van der Waals surface area contributed by atoms with Crippen molar-refractivity contribution in [2.24, 2.45) is 0 Å². The summed E-state index contributed by atoms with van der Waals surface area (Å²) < 4.78 is 5.22. The minimum absolute atomic E-state index is 0.0253. The fourth-order valence-electron chi connectivity index (χ4n) is 4.76. The number of aromatic nitrogens is 1. The van der Waals surface area contributed by atoms with Gasteiger partial charge in [0.25, 0.3) is 5.91 Å². The second kappa shape index (κ2) is 9.65. The molecule has 0 unspecified atom stereocenters. The van der Waals surface area contributed by atoms with E-state index in [0.29, 0.717) is 5.56 Å². The third-order valence-electron chi connectivity index (χ3n) is 6.71. The molecule has 1 aliphatic heterocycles. The molecule has 1 fully saturated rings. The Hall–Kier alpha value is -2.99. The minimum atomic E-state index is 0.0253. The van der Waals surface area contributed by atoms with Gasteiger partial charge in [-0.15, -0.1) is 0 Å². The first-order valence-electron chi connectivity index (χ1n) is 11.4. The maximum absolute atomic E-state index is 13.3. The SMILES string of the molecule is COc1ccc(CCCN2CCC(N(C)C(=O)c3c(C)[nH]c4ccc(O)cc34)CC2)cc1. The van der Waals surface area contributed by atoms with Crippen LogP contribution in [0.5, 0.6) is 11.5 Å². The van der Waals surface area contributed by atoms with E-state index < -0.39 is 0 Å². The van der Waals surface area contributed by atoms with Crippen molar-refractivity contribution in [2.75, 3.05) is 33.8 Å². The molecule has 1 amide bonds. The Bertz CT molecular complexity index is 1070. The zero-order valence-corrected chi connectivity index (χ0v) is 19.2. The first kappa shape index (κ1) is 22.2. The van der Waals surface area contributed by atoms with Crippen molar-refractivity contribution >= 4 is 16.8 Å². The first-order chi connectivity index (χ1) is 15.5. The number of hydrogen-bond donors (Lipinski definition) is 2. The number of piperidine rings is 1. The summed E-state index contributed by atoms with van der Waals surface area (Å²) in [7, 11) is 3.60. The van der Waals surface area contributed by atoms with Crippen LogP contribution in [-0.2, 0) is 6.42 Å². The van der Waals surface area contributed by atoms with Gasteiger partial charge in [0.1, 0.15) is 11.5 Å². The van der Waals surface area contributed by atoms with E-state index >= 15 is 0 Å². The van der Waals surface area contributed by atoms with Crippen LogP contribution >= 0.6 is 0 Å². The zero-order chi connectivity index (χ0) is 22.7. The van der Waals surface area contributed by atoms with Gasteiger partial charge in [0.2, 0.25) is 0 Å². The summed E-state index contributed by atoms with van der Waals surface area (Å²) in [5, 5.41) is 10.7. The van der Waals surface area contributed by atoms with E-state index in [1.165, 1.54) is 5.56 Å².